The zero-order valence-electron chi connectivity index (χ0n) is 10.4. The molecule has 6 nitrogen and oxygen atoms in total. The standard InChI is InChI=1S/C11H20N2O4/c1-16-7-10(14)12-9-3-5-13(6-4-9)11(15)8-17-2/h9H,3-8H2,1-2H3,(H,12,14). The fraction of sp³-hybridized carbons (Fsp3) is 0.818. The van der Waals surface area contributed by atoms with Crippen molar-refractivity contribution < 1.29 is 19.1 Å². The van der Waals surface area contributed by atoms with Gasteiger partial charge in [-0.1, -0.05) is 0 Å². The monoisotopic (exact) mass is 244 g/mol. The average Bonchev–Trinajstić information content (AvgIpc) is 2.30. The second-order valence-corrected chi connectivity index (χ2v) is 4.09. The van der Waals surface area contributed by atoms with Crippen LogP contribution < -0.4 is 5.32 Å². The predicted molar refractivity (Wildman–Crippen MR) is 61.5 cm³/mol. The molecule has 0 bridgehead atoms. The fourth-order valence-electron chi connectivity index (χ4n) is 1.89. The molecule has 0 radical (unpaired) electrons. The van der Waals surface area contributed by atoms with Crippen LogP contribution in [0, 0.1) is 0 Å². The van der Waals surface area contributed by atoms with Gasteiger partial charge in [-0.2, -0.15) is 0 Å². The molecule has 6 heteroatoms. The summed E-state index contributed by atoms with van der Waals surface area (Å²) >= 11 is 0. The van der Waals surface area contributed by atoms with Gasteiger partial charge in [0.2, 0.25) is 11.8 Å². The van der Waals surface area contributed by atoms with Crippen LogP contribution in [0.5, 0.6) is 0 Å². The molecule has 17 heavy (non-hydrogen) atoms. The molecule has 0 atom stereocenters. The van der Waals surface area contributed by atoms with E-state index in [2.05, 4.69) is 5.32 Å². The molecule has 1 rings (SSSR count). The van der Waals surface area contributed by atoms with E-state index >= 15 is 0 Å². The summed E-state index contributed by atoms with van der Waals surface area (Å²) in [6.45, 7) is 1.55. The number of rotatable bonds is 5. The maximum Gasteiger partial charge on any atom is 0.248 e. The smallest absolute Gasteiger partial charge is 0.248 e. The van der Waals surface area contributed by atoms with E-state index in [4.69, 9.17) is 9.47 Å². The van der Waals surface area contributed by atoms with Crippen LogP contribution in [0.1, 0.15) is 12.8 Å². The zero-order valence-corrected chi connectivity index (χ0v) is 10.4. The number of nitrogens with zero attached hydrogens (tertiary/aromatic N) is 1. The van der Waals surface area contributed by atoms with Crippen LogP contribution in [0.4, 0.5) is 0 Å². The lowest BCUT2D eigenvalue weighted by molar-refractivity contribution is -0.136. The summed E-state index contributed by atoms with van der Waals surface area (Å²) in [7, 11) is 3.00. The van der Waals surface area contributed by atoms with Gasteiger partial charge < -0.3 is 19.7 Å². The highest BCUT2D eigenvalue weighted by molar-refractivity contribution is 5.78. The highest BCUT2D eigenvalue weighted by atomic mass is 16.5. The maximum absolute atomic E-state index is 11.5. The van der Waals surface area contributed by atoms with Crippen molar-refractivity contribution in [1.82, 2.24) is 10.2 Å². The number of methoxy groups -OCH3 is 2. The lowest BCUT2D eigenvalue weighted by Gasteiger charge is -2.32. The minimum absolute atomic E-state index is 0.00849. The Hall–Kier alpha value is -1.14. The number of nitrogens with one attached hydrogen (secondary N) is 1. The molecule has 0 saturated carbocycles. The van der Waals surface area contributed by atoms with Crippen LogP contribution in [0.25, 0.3) is 0 Å². The van der Waals surface area contributed by atoms with Crippen molar-refractivity contribution in [3.05, 3.63) is 0 Å². The molecule has 98 valence electrons. The first-order valence-electron chi connectivity index (χ1n) is 5.72. The molecule has 2 amide bonds. The highest BCUT2D eigenvalue weighted by Crippen LogP contribution is 2.10. The number of ether oxygens (including phenoxy) is 2. The Morgan fingerprint density at radius 2 is 1.76 bits per heavy atom. The van der Waals surface area contributed by atoms with Crippen LogP contribution in [0.2, 0.25) is 0 Å². The van der Waals surface area contributed by atoms with Crippen molar-refractivity contribution in [1.29, 1.82) is 0 Å². The SMILES string of the molecule is COCC(=O)NC1CCN(C(=O)COC)CC1. The van der Waals surface area contributed by atoms with E-state index < -0.39 is 0 Å². The third-order valence-electron chi connectivity index (χ3n) is 2.76. The predicted octanol–water partition coefficient (Wildman–Crippen LogP) is -0.614. The lowest BCUT2D eigenvalue weighted by Crippen LogP contribution is -2.48. The first-order chi connectivity index (χ1) is 8.17. The second-order valence-electron chi connectivity index (χ2n) is 4.09. The number of amides is 2. The largest absolute Gasteiger partial charge is 0.375 e. The Labute approximate surface area is 101 Å². The van der Waals surface area contributed by atoms with Gasteiger partial charge in [0.1, 0.15) is 13.2 Å². The summed E-state index contributed by atoms with van der Waals surface area (Å²) in [6, 6.07) is 0.143. The third-order valence-corrected chi connectivity index (χ3v) is 2.76. The fourth-order valence-corrected chi connectivity index (χ4v) is 1.89. The molecule has 1 saturated heterocycles. The summed E-state index contributed by atoms with van der Waals surface area (Å²) < 4.78 is 9.55. The molecule has 1 fully saturated rings. The van der Waals surface area contributed by atoms with Crippen molar-refractivity contribution in [2.24, 2.45) is 0 Å². The summed E-state index contributed by atoms with van der Waals surface area (Å²) in [5, 5.41) is 2.88. The van der Waals surface area contributed by atoms with Crippen LogP contribution in [0.3, 0.4) is 0 Å². The van der Waals surface area contributed by atoms with Gasteiger partial charge in [0.25, 0.3) is 0 Å². The molecule has 0 aliphatic carbocycles. The molecular weight excluding hydrogens is 224 g/mol. The molecule has 0 unspecified atom stereocenters. The first kappa shape index (κ1) is 13.9. The number of piperidine rings is 1. The summed E-state index contributed by atoms with van der Waals surface area (Å²) in [6.07, 6.45) is 1.57. The Morgan fingerprint density at radius 3 is 2.29 bits per heavy atom. The number of likely N-dealkylation sites (tertiary alicyclic amines) is 1. The first-order valence-corrected chi connectivity index (χ1v) is 5.72. The molecule has 0 aromatic heterocycles. The zero-order chi connectivity index (χ0) is 12.7. The van der Waals surface area contributed by atoms with Gasteiger partial charge in [0.15, 0.2) is 0 Å². The number of hydrogen-bond donors (Lipinski definition) is 1. The Kier molecular flexibility index (Phi) is 5.93. The van der Waals surface area contributed by atoms with Crippen LogP contribution in [-0.4, -0.2) is 63.3 Å². The van der Waals surface area contributed by atoms with Crippen molar-refractivity contribution in [3.63, 3.8) is 0 Å². The van der Waals surface area contributed by atoms with Gasteiger partial charge in [-0.05, 0) is 12.8 Å². The van der Waals surface area contributed by atoms with Crippen molar-refractivity contribution in [2.75, 3.05) is 40.5 Å². The number of carbonyl (C=O) groups excluding carboxylic acids is 2. The molecule has 1 aliphatic heterocycles. The number of carbonyl (C=O) groups is 2. The number of hydrogen-bond acceptors (Lipinski definition) is 4. The topological polar surface area (TPSA) is 67.9 Å². The van der Waals surface area contributed by atoms with Crippen molar-refractivity contribution >= 4 is 11.8 Å². The summed E-state index contributed by atoms with van der Waals surface area (Å²) in [5.41, 5.74) is 0. The average molecular weight is 244 g/mol. The van der Waals surface area contributed by atoms with E-state index in [0.717, 1.165) is 12.8 Å². The van der Waals surface area contributed by atoms with E-state index in [1.807, 2.05) is 0 Å². The summed E-state index contributed by atoms with van der Waals surface area (Å²) in [4.78, 5) is 24.6. The van der Waals surface area contributed by atoms with Gasteiger partial charge >= 0.3 is 0 Å². The summed E-state index contributed by atoms with van der Waals surface area (Å²) in [5.74, 6) is -0.0941. The lowest BCUT2D eigenvalue weighted by atomic mass is 10.1. The van der Waals surface area contributed by atoms with Gasteiger partial charge in [-0.15, -0.1) is 0 Å². The molecule has 0 spiro atoms. The van der Waals surface area contributed by atoms with Crippen LogP contribution in [0.15, 0.2) is 0 Å². The molecule has 1 heterocycles. The normalized spacial score (nSPS) is 16.9. The quantitative estimate of drug-likeness (QED) is 0.700. The van der Waals surface area contributed by atoms with E-state index in [0.29, 0.717) is 13.1 Å². The minimum atomic E-state index is -0.103. The van der Waals surface area contributed by atoms with Crippen molar-refractivity contribution in [3.8, 4) is 0 Å². The van der Waals surface area contributed by atoms with Gasteiger partial charge in [-0.3, -0.25) is 9.59 Å². The van der Waals surface area contributed by atoms with E-state index in [1.165, 1.54) is 14.2 Å². The Morgan fingerprint density at radius 1 is 1.18 bits per heavy atom. The molecule has 0 aromatic rings. The highest BCUT2D eigenvalue weighted by Gasteiger charge is 2.23. The van der Waals surface area contributed by atoms with Gasteiger partial charge in [0, 0.05) is 33.4 Å². The van der Waals surface area contributed by atoms with E-state index in [1.54, 1.807) is 4.90 Å². The van der Waals surface area contributed by atoms with Gasteiger partial charge in [-0.25, -0.2) is 0 Å². The molecule has 0 aromatic carbocycles. The second kappa shape index (κ2) is 7.24. The maximum atomic E-state index is 11.5. The molecular formula is C11H20N2O4. The Balaban J connectivity index is 2.26. The third kappa shape index (κ3) is 4.70. The van der Waals surface area contributed by atoms with Crippen LogP contribution >= 0.6 is 0 Å². The van der Waals surface area contributed by atoms with E-state index in [-0.39, 0.29) is 31.1 Å². The minimum Gasteiger partial charge on any atom is -0.375 e. The molecule has 1 aliphatic rings. The Bertz CT molecular complexity index is 262. The molecule has 1 N–H and O–H groups in total. The van der Waals surface area contributed by atoms with E-state index in [9.17, 15) is 9.59 Å². The van der Waals surface area contributed by atoms with Gasteiger partial charge in [0.05, 0.1) is 0 Å². The van der Waals surface area contributed by atoms with Crippen LogP contribution in [-0.2, 0) is 19.1 Å². The van der Waals surface area contributed by atoms with Crippen molar-refractivity contribution in [2.45, 2.75) is 18.9 Å².